The van der Waals surface area contributed by atoms with Gasteiger partial charge in [0, 0.05) is 26.1 Å². The van der Waals surface area contributed by atoms with Crippen LogP contribution in [0.4, 0.5) is 4.39 Å². The van der Waals surface area contributed by atoms with Crippen molar-refractivity contribution in [2.75, 3.05) is 26.2 Å². The maximum atomic E-state index is 12.8. The maximum absolute atomic E-state index is 12.8. The number of aromatic nitrogens is 1. The number of hydrogen-bond acceptors (Lipinski definition) is 4. The molecule has 1 atom stereocenters. The van der Waals surface area contributed by atoms with Crippen LogP contribution in [-0.2, 0) is 4.74 Å². The fraction of sp³-hybridized carbons (Fsp3) is 0.600. The molecule has 1 aliphatic rings. The van der Waals surface area contributed by atoms with Gasteiger partial charge in [0.25, 0.3) is 0 Å². The van der Waals surface area contributed by atoms with Crippen LogP contribution in [0.1, 0.15) is 36.7 Å². The number of carbonyl (C=O) groups is 1. The number of carbonyl (C=O) groups excluding carboxylic acids is 1. The third kappa shape index (κ3) is 4.35. The van der Waals surface area contributed by atoms with Crippen molar-refractivity contribution in [3.05, 3.63) is 29.8 Å². The molecule has 0 aliphatic carbocycles. The van der Waals surface area contributed by atoms with E-state index in [1.165, 1.54) is 12.1 Å². The Hall–Kier alpha value is -1.33. The Labute approximate surface area is 118 Å². The molecule has 110 valence electrons. The Bertz CT molecular complexity index is 430. The molecule has 1 unspecified atom stereocenters. The minimum atomic E-state index is -0.421. The monoisotopic (exact) mass is 280 g/mol. The minimum absolute atomic E-state index is 0.0456. The van der Waals surface area contributed by atoms with E-state index >= 15 is 0 Å². The molecule has 0 spiro atoms. The van der Waals surface area contributed by atoms with Crippen LogP contribution in [0, 0.1) is 5.82 Å². The highest BCUT2D eigenvalue weighted by Gasteiger charge is 2.19. The van der Waals surface area contributed by atoms with Crippen molar-refractivity contribution in [3.63, 3.8) is 0 Å². The fourth-order valence-corrected chi connectivity index (χ4v) is 2.38. The van der Waals surface area contributed by atoms with Crippen molar-refractivity contribution < 1.29 is 13.9 Å². The van der Waals surface area contributed by atoms with Crippen LogP contribution in [-0.4, -0.2) is 48.0 Å². The lowest BCUT2D eigenvalue weighted by Crippen LogP contribution is -2.33. The highest BCUT2D eigenvalue weighted by Crippen LogP contribution is 2.13. The van der Waals surface area contributed by atoms with Crippen molar-refractivity contribution in [3.8, 4) is 0 Å². The quantitative estimate of drug-likeness (QED) is 0.719. The Balaban J connectivity index is 1.79. The third-order valence-electron chi connectivity index (χ3n) is 3.60. The average molecular weight is 280 g/mol. The number of hydrogen-bond donors (Lipinski definition) is 0. The van der Waals surface area contributed by atoms with Gasteiger partial charge in [-0.2, -0.15) is 0 Å². The van der Waals surface area contributed by atoms with E-state index in [0.717, 1.165) is 38.7 Å². The molecule has 0 radical (unpaired) electrons. The van der Waals surface area contributed by atoms with Gasteiger partial charge in [0.05, 0.1) is 12.3 Å². The van der Waals surface area contributed by atoms with Gasteiger partial charge in [0.2, 0.25) is 0 Å². The number of ketones is 1. The van der Waals surface area contributed by atoms with Crippen molar-refractivity contribution in [2.45, 2.75) is 32.3 Å². The molecule has 1 fully saturated rings. The number of likely N-dealkylation sites (N-methyl/N-ethyl adjacent to an activating group) is 1. The van der Waals surface area contributed by atoms with E-state index in [9.17, 15) is 9.18 Å². The predicted octanol–water partition coefficient (Wildman–Crippen LogP) is 2.29. The van der Waals surface area contributed by atoms with Crippen molar-refractivity contribution in [2.24, 2.45) is 0 Å². The lowest BCUT2D eigenvalue weighted by atomic mass is 10.1. The van der Waals surface area contributed by atoms with Crippen LogP contribution in [0.3, 0.4) is 0 Å². The minimum Gasteiger partial charge on any atom is -0.377 e. The number of pyridine rings is 1. The standard InChI is InChI=1S/C15H21FN2O2/c1-2-18(11-13-4-3-9-20-13)8-7-15(19)14-6-5-12(16)10-17-14/h5-6,10,13H,2-4,7-9,11H2,1H3. The first-order valence-electron chi connectivity index (χ1n) is 7.17. The van der Waals surface area contributed by atoms with E-state index in [0.29, 0.717) is 24.8 Å². The van der Waals surface area contributed by atoms with Crippen LogP contribution < -0.4 is 0 Å². The zero-order chi connectivity index (χ0) is 14.4. The molecule has 0 amide bonds. The Morgan fingerprint density at radius 1 is 1.55 bits per heavy atom. The SMILES string of the molecule is CCN(CCC(=O)c1ccc(F)cn1)CC1CCCO1. The Morgan fingerprint density at radius 3 is 3.00 bits per heavy atom. The molecule has 1 aromatic heterocycles. The van der Waals surface area contributed by atoms with Gasteiger partial charge >= 0.3 is 0 Å². The second-order valence-electron chi connectivity index (χ2n) is 5.06. The summed E-state index contributed by atoms with van der Waals surface area (Å²) in [5, 5.41) is 0. The number of halogens is 1. The summed E-state index contributed by atoms with van der Waals surface area (Å²) < 4.78 is 18.4. The number of rotatable bonds is 7. The van der Waals surface area contributed by atoms with E-state index in [1.807, 2.05) is 0 Å². The second kappa shape index (κ2) is 7.45. The molecule has 2 heterocycles. The van der Waals surface area contributed by atoms with Crippen LogP contribution in [0.15, 0.2) is 18.3 Å². The average Bonchev–Trinajstić information content (AvgIpc) is 2.96. The summed E-state index contributed by atoms with van der Waals surface area (Å²) in [6.45, 7) is 5.38. The summed E-state index contributed by atoms with van der Waals surface area (Å²) in [5.41, 5.74) is 0.333. The molecule has 1 saturated heterocycles. The van der Waals surface area contributed by atoms with Gasteiger partial charge in [-0.25, -0.2) is 4.39 Å². The number of ether oxygens (including phenoxy) is 1. The molecule has 2 rings (SSSR count). The first-order chi connectivity index (χ1) is 9.69. The van der Waals surface area contributed by atoms with E-state index < -0.39 is 5.82 Å². The molecule has 5 heteroatoms. The predicted molar refractivity (Wildman–Crippen MR) is 74.2 cm³/mol. The molecule has 0 bridgehead atoms. The van der Waals surface area contributed by atoms with Gasteiger partial charge in [0.1, 0.15) is 11.5 Å². The molecule has 4 nitrogen and oxygen atoms in total. The lowest BCUT2D eigenvalue weighted by molar-refractivity contribution is 0.0719. The highest BCUT2D eigenvalue weighted by molar-refractivity contribution is 5.94. The molecule has 1 aromatic rings. The van der Waals surface area contributed by atoms with Crippen LogP contribution in [0.2, 0.25) is 0 Å². The molecule has 0 saturated carbocycles. The summed E-state index contributed by atoms with van der Waals surface area (Å²) in [7, 11) is 0. The molecule has 0 N–H and O–H groups in total. The summed E-state index contributed by atoms with van der Waals surface area (Å²) >= 11 is 0. The second-order valence-corrected chi connectivity index (χ2v) is 5.06. The smallest absolute Gasteiger partial charge is 0.182 e. The number of Topliss-reactive ketones (excluding diaryl/α,β-unsaturated/α-hetero) is 1. The third-order valence-corrected chi connectivity index (χ3v) is 3.60. The molecule has 0 aromatic carbocycles. The van der Waals surface area contributed by atoms with Crippen LogP contribution in [0.5, 0.6) is 0 Å². The van der Waals surface area contributed by atoms with E-state index in [1.54, 1.807) is 0 Å². The van der Waals surface area contributed by atoms with Crippen molar-refractivity contribution in [1.29, 1.82) is 0 Å². The maximum Gasteiger partial charge on any atom is 0.182 e. The van der Waals surface area contributed by atoms with Crippen molar-refractivity contribution >= 4 is 5.78 Å². The summed E-state index contributed by atoms with van der Waals surface area (Å²) in [4.78, 5) is 18.0. The summed E-state index contributed by atoms with van der Waals surface area (Å²) in [5.74, 6) is -0.467. The van der Waals surface area contributed by atoms with Gasteiger partial charge < -0.3 is 9.64 Å². The normalized spacial score (nSPS) is 18.6. The molecular formula is C15H21FN2O2. The first-order valence-corrected chi connectivity index (χ1v) is 7.17. The van der Waals surface area contributed by atoms with Crippen LogP contribution >= 0.6 is 0 Å². The molecule has 20 heavy (non-hydrogen) atoms. The van der Waals surface area contributed by atoms with E-state index in [-0.39, 0.29) is 5.78 Å². The van der Waals surface area contributed by atoms with E-state index in [2.05, 4.69) is 16.8 Å². The van der Waals surface area contributed by atoms with E-state index in [4.69, 9.17) is 4.74 Å². The fourth-order valence-electron chi connectivity index (χ4n) is 2.38. The van der Waals surface area contributed by atoms with Crippen LogP contribution in [0.25, 0.3) is 0 Å². The lowest BCUT2D eigenvalue weighted by Gasteiger charge is -2.23. The van der Waals surface area contributed by atoms with Gasteiger partial charge in [-0.05, 0) is 31.5 Å². The zero-order valence-corrected chi connectivity index (χ0v) is 11.8. The number of nitrogens with zero attached hydrogens (tertiary/aromatic N) is 2. The summed E-state index contributed by atoms with van der Waals surface area (Å²) in [6.07, 6.45) is 4.01. The van der Waals surface area contributed by atoms with Gasteiger partial charge in [-0.3, -0.25) is 9.78 Å². The van der Waals surface area contributed by atoms with Crippen molar-refractivity contribution in [1.82, 2.24) is 9.88 Å². The topological polar surface area (TPSA) is 42.4 Å². The van der Waals surface area contributed by atoms with Gasteiger partial charge in [-0.1, -0.05) is 6.92 Å². The first kappa shape index (κ1) is 15.1. The Morgan fingerprint density at radius 2 is 2.40 bits per heavy atom. The Kier molecular flexibility index (Phi) is 5.61. The largest absolute Gasteiger partial charge is 0.377 e. The van der Waals surface area contributed by atoms with Gasteiger partial charge in [-0.15, -0.1) is 0 Å². The molecular weight excluding hydrogens is 259 g/mol. The highest BCUT2D eigenvalue weighted by atomic mass is 19.1. The zero-order valence-electron chi connectivity index (χ0n) is 11.8. The van der Waals surface area contributed by atoms with Gasteiger partial charge in [0.15, 0.2) is 5.78 Å². The summed E-state index contributed by atoms with van der Waals surface area (Å²) in [6, 6.07) is 2.71. The molecule has 1 aliphatic heterocycles.